The summed E-state index contributed by atoms with van der Waals surface area (Å²) in [6.45, 7) is 5.41. The first-order valence-electron chi connectivity index (χ1n) is 10.7. The average Bonchev–Trinajstić information content (AvgIpc) is 2.81. The number of nitrogens with zero attached hydrogens (tertiary/aromatic N) is 4. The van der Waals surface area contributed by atoms with Crippen LogP contribution in [0.25, 0.3) is 0 Å². The van der Waals surface area contributed by atoms with Gasteiger partial charge in [0, 0.05) is 31.5 Å². The van der Waals surface area contributed by atoms with Crippen LogP contribution in [0.3, 0.4) is 0 Å². The number of nitriles is 1. The summed E-state index contributed by atoms with van der Waals surface area (Å²) in [4.78, 5) is 19.0. The largest absolute Gasteiger partial charge is 0.311 e. The molecule has 1 aliphatic rings. The number of carbonyl (C=O) groups excluding carboxylic acids is 1. The Hall–Kier alpha value is -2.41. The van der Waals surface area contributed by atoms with Crippen LogP contribution < -0.4 is 4.90 Å². The molecule has 1 fully saturated rings. The van der Waals surface area contributed by atoms with Gasteiger partial charge in [0.15, 0.2) is 0 Å². The van der Waals surface area contributed by atoms with Gasteiger partial charge in [-0.15, -0.1) is 0 Å². The van der Waals surface area contributed by atoms with Crippen molar-refractivity contribution >= 4 is 33.4 Å². The zero-order chi connectivity index (χ0) is 23.1. The Morgan fingerprint density at radius 2 is 1.91 bits per heavy atom. The van der Waals surface area contributed by atoms with Crippen molar-refractivity contribution in [2.24, 2.45) is 0 Å². The van der Waals surface area contributed by atoms with E-state index >= 15 is 0 Å². The van der Waals surface area contributed by atoms with Gasteiger partial charge in [-0.05, 0) is 62.1 Å². The molecule has 32 heavy (non-hydrogen) atoms. The number of anilines is 1. The lowest BCUT2D eigenvalue weighted by atomic mass is 10.1. The van der Waals surface area contributed by atoms with E-state index in [1.807, 2.05) is 32.0 Å². The lowest BCUT2D eigenvalue weighted by Crippen LogP contribution is -2.35. The van der Waals surface area contributed by atoms with E-state index in [2.05, 4.69) is 11.1 Å². The molecule has 1 aromatic carbocycles. The van der Waals surface area contributed by atoms with Gasteiger partial charge in [0.25, 0.3) is 0 Å². The minimum absolute atomic E-state index is 0.125. The van der Waals surface area contributed by atoms with Crippen LogP contribution in [0.5, 0.6) is 0 Å². The third-order valence-electron chi connectivity index (χ3n) is 5.56. The van der Waals surface area contributed by atoms with Gasteiger partial charge in [-0.3, -0.25) is 4.79 Å². The molecular weight excluding hydrogens is 444 g/mol. The number of piperidine rings is 1. The maximum atomic E-state index is 12.9. The zero-order valence-corrected chi connectivity index (χ0v) is 20.1. The van der Waals surface area contributed by atoms with E-state index in [-0.39, 0.29) is 23.0 Å². The van der Waals surface area contributed by atoms with E-state index in [0.29, 0.717) is 24.7 Å². The maximum absolute atomic E-state index is 12.9. The van der Waals surface area contributed by atoms with Crippen molar-refractivity contribution in [3.8, 4) is 6.07 Å². The van der Waals surface area contributed by atoms with Crippen molar-refractivity contribution in [3.05, 3.63) is 47.7 Å². The summed E-state index contributed by atoms with van der Waals surface area (Å²) in [5.41, 5.74) is 2.99. The molecule has 0 atom stereocenters. The summed E-state index contributed by atoms with van der Waals surface area (Å²) in [7, 11) is -3.52. The smallest absolute Gasteiger partial charge is 0.244 e. The number of hydrogen-bond donors (Lipinski definition) is 0. The molecule has 0 N–H and O–H groups in total. The summed E-state index contributed by atoms with van der Waals surface area (Å²) in [5.74, 6) is 0.0177. The molecule has 0 radical (unpaired) electrons. The number of aryl methyl sites for hydroxylation is 2. The highest BCUT2D eigenvalue weighted by Gasteiger charge is 2.26. The molecular formula is C23H28N4O3S2. The molecule has 7 nitrogen and oxygen atoms in total. The molecule has 3 rings (SSSR count). The van der Waals surface area contributed by atoms with E-state index in [4.69, 9.17) is 5.26 Å². The lowest BCUT2D eigenvalue weighted by Gasteiger charge is -2.25. The SMILES string of the molecule is Cc1ccc(N(CCC#N)C(=O)CSc2ccc(S(=O)(=O)N3CCCCC3)cn2)cc1C. The van der Waals surface area contributed by atoms with Gasteiger partial charge in [0.05, 0.1) is 23.3 Å². The third-order valence-corrected chi connectivity index (χ3v) is 8.37. The molecule has 0 saturated carbocycles. The second-order valence-corrected chi connectivity index (χ2v) is 10.7. The fourth-order valence-electron chi connectivity index (χ4n) is 3.53. The number of pyridine rings is 1. The van der Waals surface area contributed by atoms with Crippen molar-refractivity contribution in [1.82, 2.24) is 9.29 Å². The minimum Gasteiger partial charge on any atom is -0.311 e. The highest BCUT2D eigenvalue weighted by atomic mass is 32.2. The van der Waals surface area contributed by atoms with Crippen LogP contribution in [0.2, 0.25) is 0 Å². The predicted molar refractivity (Wildman–Crippen MR) is 126 cm³/mol. The molecule has 170 valence electrons. The Morgan fingerprint density at radius 1 is 1.16 bits per heavy atom. The van der Waals surface area contributed by atoms with Crippen LogP contribution >= 0.6 is 11.8 Å². The molecule has 0 bridgehead atoms. The predicted octanol–water partition coefficient (Wildman–Crippen LogP) is 3.91. The summed E-state index contributed by atoms with van der Waals surface area (Å²) < 4.78 is 27.0. The second-order valence-electron chi connectivity index (χ2n) is 7.81. The lowest BCUT2D eigenvalue weighted by molar-refractivity contribution is -0.116. The number of rotatable bonds is 8. The van der Waals surface area contributed by atoms with E-state index in [0.717, 1.165) is 36.1 Å². The van der Waals surface area contributed by atoms with Crippen molar-refractivity contribution in [3.63, 3.8) is 0 Å². The topological polar surface area (TPSA) is 94.4 Å². The van der Waals surface area contributed by atoms with Crippen LogP contribution in [0.1, 0.15) is 36.8 Å². The van der Waals surface area contributed by atoms with Crippen LogP contribution in [0.4, 0.5) is 5.69 Å². The molecule has 1 aromatic heterocycles. The maximum Gasteiger partial charge on any atom is 0.244 e. The molecule has 0 unspecified atom stereocenters. The molecule has 1 saturated heterocycles. The molecule has 2 aromatic rings. The Labute approximate surface area is 194 Å². The van der Waals surface area contributed by atoms with Gasteiger partial charge < -0.3 is 4.90 Å². The van der Waals surface area contributed by atoms with E-state index < -0.39 is 10.0 Å². The summed E-state index contributed by atoms with van der Waals surface area (Å²) in [6.07, 6.45) is 4.43. The van der Waals surface area contributed by atoms with Gasteiger partial charge in [-0.25, -0.2) is 13.4 Å². The van der Waals surface area contributed by atoms with E-state index in [1.165, 1.54) is 22.3 Å². The van der Waals surface area contributed by atoms with E-state index in [1.54, 1.807) is 17.0 Å². The minimum atomic E-state index is -3.52. The number of aromatic nitrogens is 1. The molecule has 0 aliphatic carbocycles. The Balaban J connectivity index is 1.67. The van der Waals surface area contributed by atoms with E-state index in [9.17, 15) is 13.2 Å². The van der Waals surface area contributed by atoms with Gasteiger partial charge in [0.2, 0.25) is 15.9 Å². The monoisotopic (exact) mass is 472 g/mol. The van der Waals surface area contributed by atoms with Gasteiger partial charge in [0.1, 0.15) is 4.90 Å². The molecule has 0 spiro atoms. The van der Waals surface area contributed by atoms with Gasteiger partial charge in [-0.1, -0.05) is 24.2 Å². The number of sulfonamides is 1. The first-order valence-corrected chi connectivity index (χ1v) is 13.1. The summed E-state index contributed by atoms with van der Waals surface area (Å²) in [5, 5.41) is 9.56. The summed E-state index contributed by atoms with van der Waals surface area (Å²) in [6, 6.07) is 11.1. The zero-order valence-electron chi connectivity index (χ0n) is 18.5. The highest BCUT2D eigenvalue weighted by molar-refractivity contribution is 7.99. The standard InChI is InChI=1S/C23H28N4O3S2/c1-18-7-8-20(15-19(18)2)27(14-6-11-24)23(28)17-31-22-10-9-21(16-25-22)32(29,30)26-12-4-3-5-13-26/h7-10,15-16H,3-6,12-14,17H2,1-2H3. The third kappa shape index (κ3) is 5.88. The second kappa shape index (κ2) is 10.9. The van der Waals surface area contributed by atoms with Crippen LogP contribution in [0.15, 0.2) is 46.5 Å². The molecule has 1 amide bonds. The fraction of sp³-hybridized carbons (Fsp3) is 0.435. The van der Waals surface area contributed by atoms with Crippen LogP contribution in [0, 0.1) is 25.2 Å². The van der Waals surface area contributed by atoms with Gasteiger partial charge >= 0.3 is 0 Å². The summed E-state index contributed by atoms with van der Waals surface area (Å²) >= 11 is 1.25. The highest BCUT2D eigenvalue weighted by Crippen LogP contribution is 2.24. The number of benzene rings is 1. The Bertz CT molecular complexity index is 1090. The first-order chi connectivity index (χ1) is 15.3. The number of thioether (sulfide) groups is 1. The fourth-order valence-corrected chi connectivity index (χ4v) is 5.71. The van der Waals surface area contributed by atoms with Crippen LogP contribution in [-0.2, 0) is 14.8 Å². The average molecular weight is 473 g/mol. The molecule has 2 heterocycles. The normalized spacial score (nSPS) is 14.7. The van der Waals surface area contributed by atoms with Crippen molar-refractivity contribution in [1.29, 1.82) is 5.26 Å². The van der Waals surface area contributed by atoms with Crippen molar-refractivity contribution < 1.29 is 13.2 Å². The van der Waals surface area contributed by atoms with Crippen LogP contribution in [-0.4, -0.2) is 49.0 Å². The quantitative estimate of drug-likeness (QED) is 0.541. The van der Waals surface area contributed by atoms with Crippen molar-refractivity contribution in [2.45, 2.75) is 49.5 Å². The Morgan fingerprint density at radius 3 is 2.53 bits per heavy atom. The number of amides is 1. The first kappa shape index (κ1) is 24.2. The molecule has 9 heteroatoms. The number of hydrogen-bond acceptors (Lipinski definition) is 6. The Kier molecular flexibility index (Phi) is 8.29. The van der Waals surface area contributed by atoms with Gasteiger partial charge in [-0.2, -0.15) is 9.57 Å². The van der Waals surface area contributed by atoms with Crippen molar-refractivity contribution in [2.75, 3.05) is 30.3 Å². The number of carbonyl (C=O) groups is 1. The molecule has 1 aliphatic heterocycles.